The van der Waals surface area contributed by atoms with E-state index in [1.54, 1.807) is 24.3 Å². The molecule has 2 saturated heterocycles. The average molecular weight is 602 g/mol. The molecule has 3 aromatic carbocycles. The number of aromatic hydroxyl groups is 1. The van der Waals surface area contributed by atoms with Crippen LogP contribution in [0.5, 0.6) is 11.8 Å². The van der Waals surface area contributed by atoms with E-state index in [1.165, 1.54) is 12.1 Å². The Hall–Kier alpha value is -4.05. The molecule has 10 heteroatoms. The lowest BCUT2D eigenvalue weighted by Crippen LogP contribution is -2.68. The van der Waals surface area contributed by atoms with E-state index < -0.39 is 5.82 Å². The molecule has 4 aromatic rings. The number of carbonyl (C=O) groups excluding carboxylic acids is 1. The molecule has 1 atom stereocenters. The fourth-order valence-corrected chi connectivity index (χ4v) is 7.25. The number of hydrogen-bond donors (Lipinski definition) is 2. The zero-order valence-electron chi connectivity index (χ0n) is 25.3. The van der Waals surface area contributed by atoms with Crippen LogP contribution in [0.3, 0.4) is 0 Å². The molecule has 1 spiro atoms. The highest BCUT2D eigenvalue weighted by Crippen LogP contribution is 2.46. The smallest absolute Gasteiger partial charge is 0.319 e. The third kappa shape index (κ3) is 4.99. The number of rotatable bonds is 8. The van der Waals surface area contributed by atoms with E-state index >= 15 is 4.39 Å². The van der Waals surface area contributed by atoms with Crippen molar-refractivity contribution in [3.8, 4) is 22.9 Å². The first kappa shape index (κ1) is 28.7. The van der Waals surface area contributed by atoms with Crippen molar-refractivity contribution in [2.45, 2.75) is 51.0 Å². The van der Waals surface area contributed by atoms with Crippen LogP contribution in [-0.4, -0.2) is 71.8 Å². The van der Waals surface area contributed by atoms with Crippen molar-refractivity contribution in [1.82, 2.24) is 20.2 Å². The number of phenols is 1. The summed E-state index contributed by atoms with van der Waals surface area (Å²) in [6.07, 6.45) is 4.69. The summed E-state index contributed by atoms with van der Waals surface area (Å²) < 4.78 is 38.0. The molecule has 1 amide bonds. The second-order valence-electron chi connectivity index (χ2n) is 13.2. The highest BCUT2D eigenvalue weighted by atomic mass is 19.1. The van der Waals surface area contributed by atoms with Crippen LogP contribution >= 0.6 is 0 Å². The summed E-state index contributed by atoms with van der Waals surface area (Å²) in [6, 6.07) is 9.58. The number of β-lactam (4-membered cyclic amide) rings is 1. The number of anilines is 1. The highest BCUT2D eigenvalue weighted by molar-refractivity contribution is 6.03. The number of aryl methyl sites for hydroxylation is 1. The lowest BCUT2D eigenvalue weighted by Gasteiger charge is -2.49. The van der Waals surface area contributed by atoms with Crippen LogP contribution in [-0.2, 0) is 11.2 Å². The van der Waals surface area contributed by atoms with Gasteiger partial charge in [-0.05, 0) is 92.4 Å². The van der Waals surface area contributed by atoms with Gasteiger partial charge in [-0.15, -0.1) is 0 Å². The van der Waals surface area contributed by atoms with Crippen molar-refractivity contribution in [2.75, 3.05) is 45.2 Å². The second-order valence-corrected chi connectivity index (χ2v) is 13.2. The molecule has 7 rings (SSSR count). The van der Waals surface area contributed by atoms with Gasteiger partial charge in [0.1, 0.15) is 22.9 Å². The summed E-state index contributed by atoms with van der Waals surface area (Å²) in [4.78, 5) is 25.6. The third-order valence-corrected chi connectivity index (χ3v) is 9.46. The van der Waals surface area contributed by atoms with Crippen LogP contribution in [0.2, 0.25) is 0 Å². The molecule has 44 heavy (non-hydrogen) atoms. The molecule has 2 N–H and O–H groups in total. The standard InChI is InChI=1S/C34H37F2N5O3/c1-4-22-26(35)9-6-20-14-21(42)15-25(28(20)22)23-7-8-24-30(29(23)36)37-32(44-19-33(11-12-33)17-40(2)3)38-31(24)41-13-5-10-34(18-41)16-27(43)39-34/h6-9,14-15,42H,4-5,10-13,16-19H2,1-3H3,(H,39,43). The number of nitrogens with one attached hydrogen (secondary N) is 1. The van der Waals surface area contributed by atoms with Gasteiger partial charge in [-0.3, -0.25) is 4.79 Å². The highest BCUT2D eigenvalue weighted by Gasteiger charge is 2.46. The molecule has 3 heterocycles. The van der Waals surface area contributed by atoms with E-state index in [9.17, 15) is 14.3 Å². The molecule has 1 saturated carbocycles. The van der Waals surface area contributed by atoms with Crippen LogP contribution in [0, 0.1) is 17.0 Å². The van der Waals surface area contributed by atoms with Crippen LogP contribution in [0.15, 0.2) is 36.4 Å². The van der Waals surface area contributed by atoms with Gasteiger partial charge in [-0.25, -0.2) is 8.78 Å². The largest absolute Gasteiger partial charge is 0.508 e. The zero-order chi connectivity index (χ0) is 30.8. The number of aromatic nitrogens is 2. The number of amides is 1. The molecule has 0 bridgehead atoms. The Morgan fingerprint density at radius 3 is 2.59 bits per heavy atom. The van der Waals surface area contributed by atoms with Gasteiger partial charge in [0.15, 0.2) is 5.82 Å². The van der Waals surface area contributed by atoms with Gasteiger partial charge in [0, 0.05) is 36.0 Å². The quantitative estimate of drug-likeness (QED) is 0.255. The number of carbonyl (C=O) groups is 1. The number of nitrogens with zero attached hydrogens (tertiary/aromatic N) is 4. The van der Waals surface area contributed by atoms with Crippen molar-refractivity contribution >= 4 is 33.4 Å². The summed E-state index contributed by atoms with van der Waals surface area (Å²) >= 11 is 0. The predicted octanol–water partition coefficient (Wildman–Crippen LogP) is 5.58. The van der Waals surface area contributed by atoms with Gasteiger partial charge in [0.25, 0.3) is 0 Å². The van der Waals surface area contributed by atoms with Gasteiger partial charge in [0.05, 0.1) is 18.6 Å². The van der Waals surface area contributed by atoms with Gasteiger partial charge >= 0.3 is 6.01 Å². The number of hydrogen-bond acceptors (Lipinski definition) is 7. The van der Waals surface area contributed by atoms with Gasteiger partial charge in [-0.2, -0.15) is 9.97 Å². The fourth-order valence-electron chi connectivity index (χ4n) is 7.25. The maximum Gasteiger partial charge on any atom is 0.319 e. The Balaban J connectivity index is 1.37. The van der Waals surface area contributed by atoms with E-state index in [2.05, 4.69) is 20.1 Å². The number of benzene rings is 3. The molecule has 2 aliphatic heterocycles. The predicted molar refractivity (Wildman–Crippen MR) is 166 cm³/mol. The molecule has 0 radical (unpaired) electrons. The van der Waals surface area contributed by atoms with Crippen LogP contribution in [0.1, 0.15) is 44.6 Å². The summed E-state index contributed by atoms with van der Waals surface area (Å²) in [5, 5.41) is 15.4. The molecule has 3 aliphatic rings. The molecule has 1 unspecified atom stereocenters. The monoisotopic (exact) mass is 601 g/mol. The normalized spacial score (nSPS) is 20.8. The maximum atomic E-state index is 16.8. The number of halogens is 2. The second kappa shape index (κ2) is 10.5. The number of phenolic OH excluding ortho intramolecular Hbond substituents is 1. The Morgan fingerprint density at radius 1 is 1.09 bits per heavy atom. The summed E-state index contributed by atoms with van der Waals surface area (Å²) in [5.74, 6) is -0.399. The summed E-state index contributed by atoms with van der Waals surface area (Å²) in [7, 11) is 4.07. The van der Waals surface area contributed by atoms with Crippen LogP contribution in [0.25, 0.3) is 32.8 Å². The van der Waals surface area contributed by atoms with Crippen LogP contribution in [0.4, 0.5) is 14.6 Å². The maximum absolute atomic E-state index is 16.8. The summed E-state index contributed by atoms with van der Waals surface area (Å²) in [6.45, 7) is 4.42. The molecular weight excluding hydrogens is 564 g/mol. The first-order valence-electron chi connectivity index (χ1n) is 15.4. The SMILES string of the molecule is CCc1c(F)ccc2cc(O)cc(-c3ccc4c(N5CCCC6(CC(=O)N6)C5)nc(OCC5(CN(C)C)CC5)nc4c3F)c12. The van der Waals surface area contributed by atoms with E-state index in [-0.39, 0.29) is 45.5 Å². The van der Waals surface area contributed by atoms with Gasteiger partial charge in [0.2, 0.25) is 5.91 Å². The van der Waals surface area contributed by atoms with E-state index in [1.807, 2.05) is 21.0 Å². The van der Waals surface area contributed by atoms with Gasteiger partial charge in [-0.1, -0.05) is 19.1 Å². The van der Waals surface area contributed by atoms with Crippen molar-refractivity contribution in [3.63, 3.8) is 0 Å². The molecule has 230 valence electrons. The Morgan fingerprint density at radius 2 is 1.89 bits per heavy atom. The topological polar surface area (TPSA) is 90.8 Å². The van der Waals surface area contributed by atoms with Crippen molar-refractivity contribution in [3.05, 3.63) is 53.6 Å². The summed E-state index contributed by atoms with van der Waals surface area (Å²) in [5.41, 5.74) is 0.882. The Bertz CT molecular complexity index is 1800. The number of fused-ring (bicyclic) bond motifs is 2. The molecule has 1 aliphatic carbocycles. The van der Waals surface area contributed by atoms with Crippen molar-refractivity contribution < 1.29 is 23.4 Å². The number of piperidine rings is 1. The lowest BCUT2D eigenvalue weighted by atomic mass is 9.79. The Kier molecular flexibility index (Phi) is 6.88. The molecule has 1 aromatic heterocycles. The van der Waals surface area contributed by atoms with E-state index in [0.717, 1.165) is 32.2 Å². The first-order valence-corrected chi connectivity index (χ1v) is 15.4. The van der Waals surface area contributed by atoms with Crippen molar-refractivity contribution in [1.29, 1.82) is 0 Å². The minimum absolute atomic E-state index is 0.0227. The molecular formula is C34H37F2N5O3. The van der Waals surface area contributed by atoms with Crippen molar-refractivity contribution in [2.24, 2.45) is 5.41 Å². The third-order valence-electron chi connectivity index (χ3n) is 9.46. The van der Waals surface area contributed by atoms with E-state index in [4.69, 9.17) is 9.72 Å². The minimum atomic E-state index is -0.590. The lowest BCUT2D eigenvalue weighted by molar-refractivity contribution is -0.133. The van der Waals surface area contributed by atoms with Crippen LogP contribution < -0.4 is 15.0 Å². The minimum Gasteiger partial charge on any atom is -0.508 e. The van der Waals surface area contributed by atoms with E-state index in [0.29, 0.717) is 65.6 Å². The molecule has 3 fully saturated rings. The zero-order valence-corrected chi connectivity index (χ0v) is 25.3. The fraction of sp³-hybridized carbons (Fsp3) is 0.441. The first-order chi connectivity index (χ1) is 21.1. The molecule has 8 nitrogen and oxygen atoms in total. The Labute approximate surface area is 255 Å². The van der Waals surface area contributed by atoms with Gasteiger partial charge < -0.3 is 25.0 Å². The average Bonchev–Trinajstić information content (AvgIpc) is 3.74. The number of ether oxygens (including phenoxy) is 1.